The van der Waals surface area contributed by atoms with Gasteiger partial charge in [-0.05, 0) is 97.1 Å². The Hall–Kier alpha value is -8.42. The lowest BCUT2D eigenvalue weighted by Gasteiger charge is -2.13. The van der Waals surface area contributed by atoms with Crippen LogP contribution in [-0.4, -0.2) is 87.3 Å². The maximum absolute atomic E-state index is 11.3. The minimum atomic E-state index is -1.08. The third-order valence-electron chi connectivity index (χ3n) is 7.51. The second-order valence-electron chi connectivity index (χ2n) is 11.5. The van der Waals surface area contributed by atoms with E-state index in [0.717, 1.165) is 0 Å². The molecule has 0 atom stereocenters. The van der Waals surface area contributed by atoms with Crippen LogP contribution in [0.15, 0.2) is 97.1 Å². The van der Waals surface area contributed by atoms with Crippen molar-refractivity contribution < 1.29 is 39.6 Å². The van der Waals surface area contributed by atoms with E-state index in [9.17, 15) is 39.6 Å². The lowest BCUT2D eigenvalue weighted by molar-refractivity contribution is 0.0686. The first kappa shape index (κ1) is 37.3. The number of rotatable bonds is 17. The molecule has 20 heteroatoms. The summed E-state index contributed by atoms with van der Waals surface area (Å²) in [6.45, 7) is 0.460. The summed E-state index contributed by atoms with van der Waals surface area (Å²) in [5.74, 6) is -3.57. The Balaban J connectivity index is 1.18. The molecule has 0 aliphatic heterocycles. The van der Waals surface area contributed by atoms with Crippen LogP contribution in [0.5, 0.6) is 0 Å². The lowest BCUT2D eigenvalue weighted by Crippen LogP contribution is -2.18. The van der Waals surface area contributed by atoms with Crippen molar-refractivity contribution in [3.63, 3.8) is 0 Å². The number of carbonyl (C=O) groups is 4. The van der Waals surface area contributed by atoms with Crippen molar-refractivity contribution >= 4 is 82.3 Å². The van der Waals surface area contributed by atoms with Crippen molar-refractivity contribution in [3.05, 3.63) is 119 Å². The van der Waals surface area contributed by atoms with Crippen LogP contribution in [0.2, 0.25) is 0 Å². The molecular weight excluding hydrogens is 728 g/mol. The van der Waals surface area contributed by atoms with E-state index in [1.165, 1.54) is 48.5 Å². The fraction of sp³-hybridized carbons (Fsp3) is 0.0556. The summed E-state index contributed by atoms with van der Waals surface area (Å²) in [5, 5.41) is 55.2. The molecule has 0 aliphatic rings. The maximum Gasteiger partial charge on any atom is 0.335 e. The van der Waals surface area contributed by atoms with Gasteiger partial charge < -0.3 is 52.3 Å². The monoisotopic (exact) mass is 758 g/mol. The Morgan fingerprint density at radius 3 is 0.732 bits per heavy atom. The number of benzene rings is 4. The highest BCUT2D eigenvalue weighted by Gasteiger charge is 2.12. The number of hydrogen-bond donors (Lipinski definition) is 10. The van der Waals surface area contributed by atoms with E-state index in [4.69, 9.17) is 0 Å². The topological polar surface area (TPSA) is 299 Å². The largest absolute Gasteiger partial charge is 0.478 e. The maximum atomic E-state index is 11.3. The summed E-state index contributed by atoms with van der Waals surface area (Å²) >= 11 is 0. The first-order chi connectivity index (χ1) is 27.0. The van der Waals surface area contributed by atoms with Crippen LogP contribution in [0.25, 0.3) is 0 Å². The Bertz CT molecular complexity index is 2060. The second-order valence-corrected chi connectivity index (χ2v) is 11.5. The zero-order valence-electron chi connectivity index (χ0n) is 28.8. The van der Waals surface area contributed by atoms with Gasteiger partial charge in [0.1, 0.15) is 0 Å². The number of nitrogens with zero attached hydrogens (tertiary/aromatic N) is 6. The van der Waals surface area contributed by atoms with Gasteiger partial charge in [-0.25, -0.2) is 19.2 Å². The molecule has 0 saturated heterocycles. The van der Waals surface area contributed by atoms with E-state index >= 15 is 0 Å². The van der Waals surface area contributed by atoms with E-state index in [1.54, 1.807) is 48.5 Å². The van der Waals surface area contributed by atoms with E-state index in [-0.39, 0.29) is 71.0 Å². The Morgan fingerprint density at radius 2 is 0.536 bits per heavy atom. The van der Waals surface area contributed by atoms with Crippen molar-refractivity contribution in [2.45, 2.75) is 0 Å². The second kappa shape index (κ2) is 16.9. The Morgan fingerprint density at radius 1 is 0.339 bits per heavy atom. The van der Waals surface area contributed by atoms with Gasteiger partial charge in [-0.3, -0.25) is 0 Å². The molecule has 282 valence electrons. The smallest absolute Gasteiger partial charge is 0.335 e. The van der Waals surface area contributed by atoms with E-state index < -0.39 is 23.9 Å². The summed E-state index contributed by atoms with van der Waals surface area (Å²) in [6, 6.07) is 23.8. The van der Waals surface area contributed by atoms with Crippen LogP contribution in [0.3, 0.4) is 0 Å². The molecule has 2 heterocycles. The molecule has 4 aromatic carbocycles. The summed E-state index contributed by atoms with van der Waals surface area (Å²) < 4.78 is 0. The average molecular weight is 759 g/mol. The average Bonchev–Trinajstić information content (AvgIpc) is 3.17. The van der Waals surface area contributed by atoms with Crippen molar-refractivity contribution in [1.29, 1.82) is 0 Å². The number of carboxylic acid groups (broad SMARTS) is 4. The summed E-state index contributed by atoms with van der Waals surface area (Å²) in [5.41, 5.74) is 2.41. The molecule has 56 heavy (non-hydrogen) atoms. The molecule has 0 fully saturated rings. The van der Waals surface area contributed by atoms with Gasteiger partial charge in [0.25, 0.3) is 0 Å². The third kappa shape index (κ3) is 10.1. The summed E-state index contributed by atoms with van der Waals surface area (Å²) in [4.78, 5) is 71.7. The minimum Gasteiger partial charge on any atom is -0.478 e. The lowest BCUT2D eigenvalue weighted by atomic mass is 10.2. The molecule has 0 saturated carbocycles. The third-order valence-corrected chi connectivity index (χ3v) is 7.51. The van der Waals surface area contributed by atoms with E-state index in [2.05, 4.69) is 61.8 Å². The van der Waals surface area contributed by atoms with E-state index in [0.29, 0.717) is 22.7 Å². The Kier molecular flexibility index (Phi) is 11.3. The van der Waals surface area contributed by atoms with Crippen LogP contribution in [0, 0.1) is 0 Å². The molecule has 6 aromatic rings. The normalized spacial score (nSPS) is 10.5. The highest BCUT2D eigenvalue weighted by Crippen LogP contribution is 2.22. The number of anilines is 10. The van der Waals surface area contributed by atoms with Gasteiger partial charge in [-0.1, -0.05) is 0 Å². The molecule has 0 aliphatic carbocycles. The van der Waals surface area contributed by atoms with Gasteiger partial charge >= 0.3 is 23.9 Å². The summed E-state index contributed by atoms with van der Waals surface area (Å²) in [6.07, 6.45) is 0. The SMILES string of the molecule is O=C(O)c1ccc(Nc2nc(NCCNc3nc(Nc4ccc(C(=O)O)cc4)nc(Nc4ccc(C(=O)O)cc4)n3)nc(Nc3ccc(C(=O)O)cc3)n2)cc1. The molecule has 0 bridgehead atoms. The number of nitrogens with one attached hydrogen (secondary N) is 6. The molecule has 10 N–H and O–H groups in total. The molecule has 0 amide bonds. The number of carboxylic acids is 4. The van der Waals surface area contributed by atoms with Gasteiger partial charge in [0, 0.05) is 35.8 Å². The summed E-state index contributed by atoms with van der Waals surface area (Å²) in [7, 11) is 0. The minimum absolute atomic E-state index is 0.0981. The molecule has 2 aromatic heterocycles. The van der Waals surface area contributed by atoms with Crippen LogP contribution in [-0.2, 0) is 0 Å². The highest BCUT2D eigenvalue weighted by molar-refractivity contribution is 5.89. The quantitative estimate of drug-likeness (QED) is 0.0524. The standard InChI is InChI=1S/C36H30N12O8/c49-27(50)19-1-9-23(10-2-19)39-33-43-31(44-34(47-33)40-24-11-3-20(4-12-24)28(51)52)37-17-18-38-32-45-35(41-25-13-5-21(6-14-25)29(53)54)48-36(46-32)42-26-15-7-22(8-16-26)30(55)56/h1-16H,17-18H2,(H,49,50)(H,51,52)(H,53,54)(H,55,56)(H3,37,39,40,43,44,47)(H3,38,41,42,45,46,48). The molecule has 20 nitrogen and oxygen atoms in total. The predicted octanol–water partition coefficient (Wildman–Crippen LogP) is 5.35. The molecule has 0 radical (unpaired) electrons. The van der Waals surface area contributed by atoms with Crippen LogP contribution in [0.1, 0.15) is 41.4 Å². The number of aromatic nitrogens is 6. The zero-order valence-corrected chi connectivity index (χ0v) is 28.8. The number of aromatic carboxylic acids is 4. The van der Waals surface area contributed by atoms with Crippen LogP contribution >= 0.6 is 0 Å². The van der Waals surface area contributed by atoms with Gasteiger partial charge in [0.05, 0.1) is 22.3 Å². The van der Waals surface area contributed by atoms with Gasteiger partial charge in [0.2, 0.25) is 35.7 Å². The molecule has 0 spiro atoms. The van der Waals surface area contributed by atoms with Crippen molar-refractivity contribution in [2.75, 3.05) is 45.0 Å². The molecule has 6 rings (SSSR count). The molecule has 0 unspecified atom stereocenters. The molecular formula is C36H30N12O8. The zero-order chi connectivity index (χ0) is 39.6. The number of hydrogen-bond acceptors (Lipinski definition) is 16. The van der Waals surface area contributed by atoms with Gasteiger partial charge in [-0.15, -0.1) is 0 Å². The van der Waals surface area contributed by atoms with Crippen molar-refractivity contribution in [3.8, 4) is 0 Å². The fourth-order valence-corrected chi connectivity index (χ4v) is 4.78. The van der Waals surface area contributed by atoms with Crippen LogP contribution in [0.4, 0.5) is 58.4 Å². The van der Waals surface area contributed by atoms with Gasteiger partial charge in [-0.2, -0.15) is 29.9 Å². The van der Waals surface area contributed by atoms with Crippen molar-refractivity contribution in [1.82, 2.24) is 29.9 Å². The fourth-order valence-electron chi connectivity index (χ4n) is 4.78. The predicted molar refractivity (Wildman–Crippen MR) is 203 cm³/mol. The van der Waals surface area contributed by atoms with Gasteiger partial charge in [0.15, 0.2) is 0 Å². The van der Waals surface area contributed by atoms with Crippen LogP contribution < -0.4 is 31.9 Å². The van der Waals surface area contributed by atoms with Crippen molar-refractivity contribution in [2.24, 2.45) is 0 Å². The first-order valence-electron chi connectivity index (χ1n) is 16.4. The highest BCUT2D eigenvalue weighted by atomic mass is 16.4. The Labute approximate surface area is 315 Å². The van der Waals surface area contributed by atoms with E-state index in [1.807, 2.05) is 0 Å². The first-order valence-corrected chi connectivity index (χ1v) is 16.4.